The zero-order valence-corrected chi connectivity index (χ0v) is 10.7. The Morgan fingerprint density at radius 3 is 2.78 bits per heavy atom. The Bertz CT molecular complexity index is 483. The summed E-state index contributed by atoms with van der Waals surface area (Å²) in [6.07, 6.45) is 1.67. The number of benzene rings is 1. The molecule has 96 valence electrons. The summed E-state index contributed by atoms with van der Waals surface area (Å²) in [5.41, 5.74) is 5.43. The fourth-order valence-electron chi connectivity index (χ4n) is 1.45. The van der Waals surface area contributed by atoms with Gasteiger partial charge in [0.15, 0.2) is 11.6 Å². The van der Waals surface area contributed by atoms with Gasteiger partial charge in [0.2, 0.25) is 0 Å². The number of aromatic amines is 1. The van der Waals surface area contributed by atoms with E-state index in [-0.39, 0.29) is 0 Å². The lowest BCUT2D eigenvalue weighted by atomic mass is 10.3. The standard InChI is InChI=1S/C12H15ClN4O/c13-9-3-5-10(6-4-9)18-8-12-15-11(16-17-12)2-1-7-14/h3-6H,1-2,7-8,14H2,(H,15,16,17). The van der Waals surface area contributed by atoms with Crippen LogP contribution >= 0.6 is 11.6 Å². The smallest absolute Gasteiger partial charge is 0.162 e. The molecule has 0 bridgehead atoms. The van der Waals surface area contributed by atoms with Gasteiger partial charge in [0, 0.05) is 11.4 Å². The molecule has 0 radical (unpaired) electrons. The molecular weight excluding hydrogens is 252 g/mol. The van der Waals surface area contributed by atoms with Crippen LogP contribution in [0.2, 0.25) is 5.02 Å². The van der Waals surface area contributed by atoms with Gasteiger partial charge in [-0.05, 0) is 37.2 Å². The largest absolute Gasteiger partial charge is 0.486 e. The van der Waals surface area contributed by atoms with Crippen molar-refractivity contribution in [2.45, 2.75) is 19.4 Å². The predicted octanol–water partition coefficient (Wildman–Crippen LogP) is 1.93. The minimum Gasteiger partial charge on any atom is -0.486 e. The summed E-state index contributed by atoms with van der Waals surface area (Å²) in [7, 11) is 0. The van der Waals surface area contributed by atoms with Crippen LogP contribution in [0.1, 0.15) is 18.1 Å². The highest BCUT2D eigenvalue weighted by atomic mass is 35.5. The van der Waals surface area contributed by atoms with E-state index in [4.69, 9.17) is 22.1 Å². The average Bonchev–Trinajstić information content (AvgIpc) is 2.84. The van der Waals surface area contributed by atoms with Crippen LogP contribution in [0.4, 0.5) is 0 Å². The summed E-state index contributed by atoms with van der Waals surface area (Å²) in [6, 6.07) is 7.19. The molecule has 1 aromatic carbocycles. The molecule has 18 heavy (non-hydrogen) atoms. The van der Waals surface area contributed by atoms with E-state index in [0.717, 1.165) is 24.4 Å². The van der Waals surface area contributed by atoms with E-state index in [1.165, 1.54) is 0 Å². The Hall–Kier alpha value is -1.59. The Kier molecular flexibility index (Phi) is 4.55. The zero-order chi connectivity index (χ0) is 12.8. The van der Waals surface area contributed by atoms with Gasteiger partial charge in [0.1, 0.15) is 12.4 Å². The first-order valence-corrected chi connectivity index (χ1v) is 6.14. The van der Waals surface area contributed by atoms with Crippen LogP contribution in [0.25, 0.3) is 0 Å². The highest BCUT2D eigenvalue weighted by molar-refractivity contribution is 6.30. The maximum absolute atomic E-state index is 5.79. The number of rotatable bonds is 6. The molecule has 0 aliphatic carbocycles. The maximum Gasteiger partial charge on any atom is 0.162 e. The molecule has 0 saturated carbocycles. The molecule has 0 aliphatic rings. The van der Waals surface area contributed by atoms with Crippen LogP contribution in [-0.2, 0) is 13.0 Å². The van der Waals surface area contributed by atoms with Crippen molar-refractivity contribution in [3.8, 4) is 5.75 Å². The number of nitrogens with one attached hydrogen (secondary N) is 1. The van der Waals surface area contributed by atoms with Gasteiger partial charge >= 0.3 is 0 Å². The van der Waals surface area contributed by atoms with Crippen molar-refractivity contribution in [2.24, 2.45) is 5.73 Å². The summed E-state index contributed by atoms with van der Waals surface area (Å²) in [6.45, 7) is 1.00. The SMILES string of the molecule is NCCCc1n[nH]c(COc2ccc(Cl)cc2)n1. The van der Waals surface area contributed by atoms with Crippen molar-refractivity contribution in [1.82, 2.24) is 15.2 Å². The third-order valence-electron chi connectivity index (χ3n) is 2.37. The molecule has 2 aromatic rings. The minimum absolute atomic E-state index is 0.358. The molecular formula is C12H15ClN4O. The van der Waals surface area contributed by atoms with E-state index in [2.05, 4.69) is 15.2 Å². The molecule has 1 aromatic heterocycles. The normalized spacial score (nSPS) is 10.6. The molecule has 3 N–H and O–H groups in total. The Balaban J connectivity index is 1.86. The quantitative estimate of drug-likeness (QED) is 0.838. The lowest BCUT2D eigenvalue weighted by Crippen LogP contribution is -2.01. The molecule has 0 atom stereocenters. The van der Waals surface area contributed by atoms with Gasteiger partial charge in [-0.25, -0.2) is 4.98 Å². The number of aromatic nitrogens is 3. The van der Waals surface area contributed by atoms with E-state index >= 15 is 0 Å². The highest BCUT2D eigenvalue weighted by Crippen LogP contribution is 2.16. The highest BCUT2D eigenvalue weighted by Gasteiger charge is 2.03. The van der Waals surface area contributed by atoms with Gasteiger partial charge in [-0.2, -0.15) is 5.10 Å². The number of nitrogens with two attached hydrogens (primary N) is 1. The molecule has 0 unspecified atom stereocenters. The van der Waals surface area contributed by atoms with E-state index < -0.39 is 0 Å². The second-order valence-corrected chi connectivity index (χ2v) is 4.27. The van der Waals surface area contributed by atoms with Gasteiger partial charge in [-0.1, -0.05) is 11.6 Å². The molecule has 0 spiro atoms. The van der Waals surface area contributed by atoms with Crippen LogP contribution < -0.4 is 10.5 Å². The van der Waals surface area contributed by atoms with Crippen LogP contribution in [0.3, 0.4) is 0 Å². The number of hydrogen-bond acceptors (Lipinski definition) is 4. The summed E-state index contributed by atoms with van der Waals surface area (Å²) in [5, 5.41) is 7.62. The first-order valence-electron chi connectivity index (χ1n) is 5.76. The number of halogens is 1. The van der Waals surface area contributed by atoms with Crippen LogP contribution in [-0.4, -0.2) is 21.7 Å². The van der Waals surface area contributed by atoms with Gasteiger partial charge in [0.05, 0.1) is 0 Å². The first kappa shape index (κ1) is 12.9. The van der Waals surface area contributed by atoms with E-state index in [9.17, 15) is 0 Å². The third kappa shape index (κ3) is 3.72. The molecule has 0 amide bonds. The van der Waals surface area contributed by atoms with Gasteiger partial charge in [-0.15, -0.1) is 0 Å². The molecule has 2 rings (SSSR count). The molecule has 5 nitrogen and oxygen atoms in total. The molecule has 1 heterocycles. The second kappa shape index (κ2) is 6.37. The summed E-state index contributed by atoms with van der Waals surface area (Å²) in [5.74, 6) is 2.23. The monoisotopic (exact) mass is 266 g/mol. The predicted molar refractivity (Wildman–Crippen MR) is 69.5 cm³/mol. The Labute approximate surface area is 110 Å². The molecule has 0 fully saturated rings. The summed E-state index contributed by atoms with van der Waals surface area (Å²) in [4.78, 5) is 4.31. The lowest BCUT2D eigenvalue weighted by molar-refractivity contribution is 0.296. The Morgan fingerprint density at radius 1 is 1.28 bits per heavy atom. The Morgan fingerprint density at radius 2 is 2.06 bits per heavy atom. The van der Waals surface area contributed by atoms with E-state index in [0.29, 0.717) is 24.0 Å². The number of aryl methyl sites for hydroxylation is 1. The van der Waals surface area contributed by atoms with Crippen LogP contribution in [0.15, 0.2) is 24.3 Å². The van der Waals surface area contributed by atoms with Crippen LogP contribution in [0.5, 0.6) is 5.75 Å². The second-order valence-electron chi connectivity index (χ2n) is 3.83. The van der Waals surface area contributed by atoms with Gasteiger partial charge in [0.25, 0.3) is 0 Å². The minimum atomic E-state index is 0.358. The van der Waals surface area contributed by atoms with Crippen molar-refractivity contribution >= 4 is 11.6 Å². The number of ether oxygens (including phenoxy) is 1. The fraction of sp³-hybridized carbons (Fsp3) is 0.333. The number of nitrogens with zero attached hydrogens (tertiary/aromatic N) is 2. The van der Waals surface area contributed by atoms with Crippen molar-refractivity contribution in [2.75, 3.05) is 6.54 Å². The van der Waals surface area contributed by atoms with Crippen molar-refractivity contribution < 1.29 is 4.74 Å². The zero-order valence-electron chi connectivity index (χ0n) is 9.90. The van der Waals surface area contributed by atoms with E-state index in [1.54, 1.807) is 12.1 Å². The average molecular weight is 267 g/mol. The summed E-state index contributed by atoms with van der Waals surface area (Å²) < 4.78 is 5.55. The number of H-pyrrole nitrogens is 1. The lowest BCUT2D eigenvalue weighted by Gasteiger charge is -2.03. The number of hydrogen-bond donors (Lipinski definition) is 2. The topological polar surface area (TPSA) is 76.8 Å². The van der Waals surface area contributed by atoms with E-state index in [1.807, 2.05) is 12.1 Å². The van der Waals surface area contributed by atoms with Gasteiger partial charge in [-0.3, -0.25) is 5.10 Å². The van der Waals surface area contributed by atoms with Crippen molar-refractivity contribution in [1.29, 1.82) is 0 Å². The fourth-order valence-corrected chi connectivity index (χ4v) is 1.58. The summed E-state index contributed by atoms with van der Waals surface area (Å²) >= 11 is 5.79. The maximum atomic E-state index is 5.79. The third-order valence-corrected chi connectivity index (χ3v) is 2.62. The van der Waals surface area contributed by atoms with Gasteiger partial charge < -0.3 is 10.5 Å². The molecule has 0 saturated heterocycles. The molecule has 0 aliphatic heterocycles. The molecule has 6 heteroatoms. The van der Waals surface area contributed by atoms with Crippen LogP contribution in [0, 0.1) is 0 Å². The first-order chi connectivity index (χ1) is 8.78. The van der Waals surface area contributed by atoms with Crippen molar-refractivity contribution in [3.63, 3.8) is 0 Å². The van der Waals surface area contributed by atoms with Crippen molar-refractivity contribution in [3.05, 3.63) is 40.9 Å².